The first-order chi connectivity index (χ1) is 12.3. The Morgan fingerprint density at radius 2 is 1.69 bits per heavy atom. The summed E-state index contributed by atoms with van der Waals surface area (Å²) in [6.45, 7) is 3.46. The van der Waals surface area contributed by atoms with Crippen LogP contribution in [0, 0.1) is 10.1 Å². The maximum Gasteiger partial charge on any atom is 0.417 e. The number of benzene rings is 1. The third-order valence-electron chi connectivity index (χ3n) is 4.32. The van der Waals surface area contributed by atoms with Gasteiger partial charge in [0.2, 0.25) is 0 Å². The third kappa shape index (κ3) is 4.29. The fraction of sp³-hybridized carbons (Fsp3) is 0.353. The minimum atomic E-state index is -4.38. The Labute approximate surface area is 148 Å². The van der Waals surface area contributed by atoms with Crippen LogP contribution in [0.25, 0.3) is 0 Å². The first kappa shape index (κ1) is 18.1. The predicted molar refractivity (Wildman–Crippen MR) is 89.8 cm³/mol. The topological polar surface area (TPSA) is 62.5 Å². The van der Waals surface area contributed by atoms with Gasteiger partial charge in [0.05, 0.1) is 10.5 Å². The summed E-state index contributed by atoms with van der Waals surface area (Å²) in [5.41, 5.74) is 0.293. The summed E-state index contributed by atoms with van der Waals surface area (Å²) in [4.78, 5) is 18.3. The Bertz CT molecular complexity index is 755. The van der Waals surface area contributed by atoms with Crippen LogP contribution in [-0.2, 0) is 12.7 Å². The van der Waals surface area contributed by atoms with Crippen LogP contribution >= 0.6 is 0 Å². The summed E-state index contributed by atoms with van der Waals surface area (Å²) in [5.74, 6) is 0.535. The van der Waals surface area contributed by atoms with Gasteiger partial charge in [-0.25, -0.2) is 4.98 Å². The molecule has 138 valence electrons. The molecule has 1 aliphatic rings. The minimum absolute atomic E-state index is 0.0620. The molecule has 0 unspecified atom stereocenters. The number of aromatic nitrogens is 1. The molecule has 0 radical (unpaired) electrons. The highest BCUT2D eigenvalue weighted by Crippen LogP contribution is 2.29. The zero-order chi connectivity index (χ0) is 18.7. The van der Waals surface area contributed by atoms with Crippen LogP contribution in [0.1, 0.15) is 11.1 Å². The molecule has 1 aliphatic heterocycles. The number of rotatable bonds is 4. The number of piperazine rings is 1. The zero-order valence-electron chi connectivity index (χ0n) is 13.8. The first-order valence-corrected chi connectivity index (χ1v) is 8.07. The van der Waals surface area contributed by atoms with Gasteiger partial charge in [-0.3, -0.25) is 15.0 Å². The fourth-order valence-electron chi connectivity index (χ4n) is 2.86. The number of nitro benzene ring substituents is 1. The van der Waals surface area contributed by atoms with Gasteiger partial charge in [0.15, 0.2) is 0 Å². The highest BCUT2D eigenvalue weighted by Gasteiger charge is 2.31. The molecule has 1 aromatic heterocycles. The van der Waals surface area contributed by atoms with E-state index in [2.05, 4.69) is 9.88 Å². The van der Waals surface area contributed by atoms with Crippen molar-refractivity contribution in [3.63, 3.8) is 0 Å². The van der Waals surface area contributed by atoms with Gasteiger partial charge in [-0.2, -0.15) is 13.2 Å². The molecule has 9 heteroatoms. The molecule has 0 saturated carbocycles. The molecule has 1 saturated heterocycles. The van der Waals surface area contributed by atoms with E-state index in [9.17, 15) is 23.3 Å². The van der Waals surface area contributed by atoms with Crippen molar-refractivity contribution in [2.24, 2.45) is 0 Å². The van der Waals surface area contributed by atoms with Gasteiger partial charge in [0.25, 0.3) is 5.69 Å². The number of hydrogen-bond acceptors (Lipinski definition) is 5. The molecule has 0 atom stereocenters. The van der Waals surface area contributed by atoms with Crippen molar-refractivity contribution in [2.45, 2.75) is 12.7 Å². The van der Waals surface area contributed by atoms with Gasteiger partial charge in [-0.1, -0.05) is 12.1 Å². The number of anilines is 1. The molecule has 2 aromatic rings. The Morgan fingerprint density at radius 1 is 1.04 bits per heavy atom. The molecule has 3 rings (SSSR count). The van der Waals surface area contributed by atoms with Gasteiger partial charge >= 0.3 is 6.18 Å². The molecule has 6 nitrogen and oxygen atoms in total. The Morgan fingerprint density at radius 3 is 2.19 bits per heavy atom. The van der Waals surface area contributed by atoms with E-state index in [0.29, 0.717) is 25.5 Å². The molecule has 0 aliphatic carbocycles. The van der Waals surface area contributed by atoms with E-state index in [4.69, 9.17) is 0 Å². The van der Waals surface area contributed by atoms with E-state index in [1.165, 1.54) is 18.2 Å². The molecule has 26 heavy (non-hydrogen) atoms. The number of nitro groups is 1. The highest BCUT2D eigenvalue weighted by molar-refractivity contribution is 5.40. The lowest BCUT2D eigenvalue weighted by Gasteiger charge is -2.35. The minimum Gasteiger partial charge on any atom is -0.354 e. The Balaban J connectivity index is 1.54. The van der Waals surface area contributed by atoms with Crippen molar-refractivity contribution in [3.8, 4) is 0 Å². The van der Waals surface area contributed by atoms with Crippen LogP contribution in [0.15, 0.2) is 42.6 Å². The summed E-state index contributed by atoms with van der Waals surface area (Å²) in [7, 11) is 0. The maximum absolute atomic E-state index is 12.6. The number of alkyl halides is 3. The largest absolute Gasteiger partial charge is 0.417 e. The Hall–Kier alpha value is -2.68. The number of non-ortho nitro benzene ring substituents is 1. The van der Waals surface area contributed by atoms with E-state index in [0.717, 1.165) is 30.9 Å². The lowest BCUT2D eigenvalue weighted by Crippen LogP contribution is -2.46. The monoisotopic (exact) mass is 366 g/mol. The van der Waals surface area contributed by atoms with Crippen molar-refractivity contribution >= 4 is 11.5 Å². The number of hydrogen-bond donors (Lipinski definition) is 0. The highest BCUT2D eigenvalue weighted by atomic mass is 19.4. The van der Waals surface area contributed by atoms with Crippen LogP contribution in [0.3, 0.4) is 0 Å². The lowest BCUT2D eigenvalue weighted by atomic mass is 10.2. The van der Waals surface area contributed by atoms with Gasteiger partial charge in [0, 0.05) is 51.1 Å². The number of pyridine rings is 1. The van der Waals surface area contributed by atoms with Gasteiger partial charge in [-0.05, 0) is 17.7 Å². The number of halogens is 3. The van der Waals surface area contributed by atoms with E-state index in [-0.39, 0.29) is 5.69 Å². The van der Waals surface area contributed by atoms with Crippen molar-refractivity contribution in [1.29, 1.82) is 0 Å². The quantitative estimate of drug-likeness (QED) is 0.614. The molecular formula is C17H17F3N4O2. The second-order valence-electron chi connectivity index (χ2n) is 6.09. The standard InChI is InChI=1S/C17H17F3N4O2/c18-17(19,20)14-3-6-16(21-11-14)23-9-7-22(8-10-23)12-13-1-4-15(5-2-13)24(25)26/h1-6,11H,7-10,12H2. The second-order valence-corrected chi connectivity index (χ2v) is 6.09. The third-order valence-corrected chi connectivity index (χ3v) is 4.32. The van der Waals surface area contributed by atoms with Crippen LogP contribution in [0.4, 0.5) is 24.7 Å². The molecule has 0 spiro atoms. The number of nitrogens with zero attached hydrogens (tertiary/aromatic N) is 4. The lowest BCUT2D eigenvalue weighted by molar-refractivity contribution is -0.384. The van der Waals surface area contributed by atoms with Crippen LogP contribution in [-0.4, -0.2) is 41.0 Å². The van der Waals surface area contributed by atoms with Crippen LogP contribution in [0.5, 0.6) is 0 Å². The maximum atomic E-state index is 12.6. The van der Waals surface area contributed by atoms with Gasteiger partial charge < -0.3 is 4.90 Å². The zero-order valence-corrected chi connectivity index (χ0v) is 13.8. The van der Waals surface area contributed by atoms with E-state index >= 15 is 0 Å². The normalized spacial score (nSPS) is 15.9. The summed E-state index contributed by atoms with van der Waals surface area (Å²) >= 11 is 0. The molecule has 0 N–H and O–H groups in total. The molecular weight excluding hydrogens is 349 g/mol. The summed E-state index contributed by atoms with van der Waals surface area (Å²) in [6, 6.07) is 8.89. The average molecular weight is 366 g/mol. The smallest absolute Gasteiger partial charge is 0.354 e. The first-order valence-electron chi connectivity index (χ1n) is 8.07. The molecule has 2 heterocycles. The summed E-state index contributed by atoms with van der Waals surface area (Å²) in [6.07, 6.45) is -3.52. The van der Waals surface area contributed by atoms with Crippen LogP contribution in [0.2, 0.25) is 0 Å². The summed E-state index contributed by atoms with van der Waals surface area (Å²) in [5, 5.41) is 10.7. The predicted octanol–water partition coefficient (Wildman–Crippen LogP) is 3.33. The van der Waals surface area contributed by atoms with Crippen LogP contribution < -0.4 is 4.90 Å². The van der Waals surface area contributed by atoms with E-state index in [1.54, 1.807) is 12.1 Å². The average Bonchev–Trinajstić information content (AvgIpc) is 2.62. The van der Waals surface area contributed by atoms with E-state index < -0.39 is 16.7 Å². The molecule has 0 amide bonds. The van der Waals surface area contributed by atoms with Gasteiger partial charge in [-0.15, -0.1) is 0 Å². The van der Waals surface area contributed by atoms with E-state index in [1.807, 2.05) is 4.90 Å². The van der Waals surface area contributed by atoms with Crippen molar-refractivity contribution in [3.05, 3.63) is 63.8 Å². The Kier molecular flexibility index (Phi) is 5.08. The van der Waals surface area contributed by atoms with Crippen molar-refractivity contribution in [2.75, 3.05) is 31.1 Å². The fourth-order valence-corrected chi connectivity index (χ4v) is 2.86. The SMILES string of the molecule is O=[N+]([O-])c1ccc(CN2CCN(c3ccc(C(F)(F)F)cn3)CC2)cc1. The molecule has 1 aromatic carbocycles. The molecule has 1 fully saturated rings. The summed E-state index contributed by atoms with van der Waals surface area (Å²) < 4.78 is 37.8. The van der Waals surface area contributed by atoms with Gasteiger partial charge in [0.1, 0.15) is 5.82 Å². The van der Waals surface area contributed by atoms with Crippen molar-refractivity contribution in [1.82, 2.24) is 9.88 Å². The van der Waals surface area contributed by atoms with Crippen molar-refractivity contribution < 1.29 is 18.1 Å². The molecule has 0 bridgehead atoms. The second kappa shape index (κ2) is 7.28.